The fourth-order valence-electron chi connectivity index (χ4n) is 1.13. The predicted molar refractivity (Wildman–Crippen MR) is 57.2 cm³/mol. The Morgan fingerprint density at radius 3 is 2.08 bits per heavy atom. The first kappa shape index (κ1) is 11.5. The van der Waals surface area contributed by atoms with Gasteiger partial charge in [0.25, 0.3) is 0 Å². The fourth-order valence-corrected chi connectivity index (χ4v) is 1.13. The van der Waals surface area contributed by atoms with Gasteiger partial charge >= 0.3 is 0 Å². The molecule has 1 unspecified atom stereocenters. The zero-order valence-corrected chi connectivity index (χ0v) is 9.15. The lowest BCUT2D eigenvalue weighted by Gasteiger charge is -2.16. The van der Waals surface area contributed by atoms with E-state index in [0.717, 1.165) is 6.42 Å². The van der Waals surface area contributed by atoms with Crippen molar-refractivity contribution in [1.82, 2.24) is 0 Å². The van der Waals surface area contributed by atoms with E-state index in [4.69, 9.17) is 0 Å². The number of rotatable bonds is 4. The average Bonchev–Trinajstić information content (AvgIpc) is 1.98. The van der Waals surface area contributed by atoms with Gasteiger partial charge in [0.1, 0.15) is 0 Å². The average molecular weight is 166 g/mol. The highest BCUT2D eigenvalue weighted by Crippen LogP contribution is 2.21. The van der Waals surface area contributed by atoms with Gasteiger partial charge in [0.2, 0.25) is 0 Å². The largest absolute Gasteiger partial charge is 0.0993 e. The highest BCUT2D eigenvalue weighted by Gasteiger charge is 2.07. The number of hydrogen-bond acceptors (Lipinski definition) is 0. The summed E-state index contributed by atoms with van der Waals surface area (Å²) in [7, 11) is 0. The van der Waals surface area contributed by atoms with Crippen LogP contribution in [-0.2, 0) is 0 Å². The standard InChI is InChI=1S/C12H22/c1-9(2)7-8-11(5)12(6)10(3)4/h7,10-11H,6,8H2,1-5H3. The van der Waals surface area contributed by atoms with Gasteiger partial charge in [-0.2, -0.15) is 0 Å². The van der Waals surface area contributed by atoms with Crippen LogP contribution in [0.1, 0.15) is 41.0 Å². The molecule has 0 amide bonds. The number of allylic oxidation sites excluding steroid dienone is 3. The third kappa shape index (κ3) is 4.38. The van der Waals surface area contributed by atoms with Crippen molar-refractivity contribution in [1.29, 1.82) is 0 Å². The Morgan fingerprint density at radius 2 is 1.75 bits per heavy atom. The molecule has 0 saturated carbocycles. The van der Waals surface area contributed by atoms with Crippen molar-refractivity contribution in [2.45, 2.75) is 41.0 Å². The molecule has 0 N–H and O–H groups in total. The zero-order valence-electron chi connectivity index (χ0n) is 9.15. The highest BCUT2D eigenvalue weighted by atomic mass is 14.1. The van der Waals surface area contributed by atoms with E-state index in [1.807, 2.05) is 0 Å². The van der Waals surface area contributed by atoms with Crippen molar-refractivity contribution in [3.63, 3.8) is 0 Å². The highest BCUT2D eigenvalue weighted by molar-refractivity contribution is 5.06. The summed E-state index contributed by atoms with van der Waals surface area (Å²) in [5.41, 5.74) is 2.77. The second-order valence-corrected chi connectivity index (χ2v) is 4.15. The molecule has 0 radical (unpaired) electrons. The molecule has 0 aliphatic heterocycles. The molecular weight excluding hydrogens is 144 g/mol. The summed E-state index contributed by atoms with van der Waals surface area (Å²) in [6.07, 6.45) is 3.43. The molecule has 0 nitrogen and oxygen atoms in total. The van der Waals surface area contributed by atoms with Crippen LogP contribution in [0, 0.1) is 11.8 Å². The molecule has 0 spiro atoms. The maximum Gasteiger partial charge on any atom is -0.0197 e. The van der Waals surface area contributed by atoms with Crippen molar-refractivity contribution in [3.8, 4) is 0 Å². The molecule has 0 aromatic heterocycles. The molecular formula is C12H22. The van der Waals surface area contributed by atoms with Gasteiger partial charge < -0.3 is 0 Å². The molecule has 1 atom stereocenters. The molecule has 0 bridgehead atoms. The molecule has 0 rings (SSSR count). The van der Waals surface area contributed by atoms with Crippen LogP contribution in [0.25, 0.3) is 0 Å². The first-order chi connectivity index (χ1) is 5.45. The van der Waals surface area contributed by atoms with Crippen LogP contribution in [0.3, 0.4) is 0 Å². The Kier molecular flexibility index (Phi) is 4.96. The van der Waals surface area contributed by atoms with E-state index in [-0.39, 0.29) is 0 Å². The topological polar surface area (TPSA) is 0 Å². The molecule has 70 valence electrons. The van der Waals surface area contributed by atoms with Crippen LogP contribution in [-0.4, -0.2) is 0 Å². The van der Waals surface area contributed by atoms with E-state index in [1.165, 1.54) is 11.1 Å². The lowest BCUT2D eigenvalue weighted by Crippen LogP contribution is -2.03. The van der Waals surface area contributed by atoms with Gasteiger partial charge in [0.05, 0.1) is 0 Å². The van der Waals surface area contributed by atoms with Gasteiger partial charge in [-0.15, -0.1) is 0 Å². The first-order valence-electron chi connectivity index (χ1n) is 4.77. The van der Waals surface area contributed by atoms with Gasteiger partial charge in [-0.25, -0.2) is 0 Å². The molecule has 0 heteroatoms. The van der Waals surface area contributed by atoms with Crippen molar-refractivity contribution in [2.75, 3.05) is 0 Å². The van der Waals surface area contributed by atoms with Crippen LogP contribution in [0.4, 0.5) is 0 Å². The summed E-state index contributed by atoms with van der Waals surface area (Å²) in [6, 6.07) is 0. The zero-order chi connectivity index (χ0) is 9.72. The van der Waals surface area contributed by atoms with Gasteiger partial charge in [0, 0.05) is 0 Å². The third-order valence-corrected chi connectivity index (χ3v) is 2.25. The van der Waals surface area contributed by atoms with Crippen LogP contribution < -0.4 is 0 Å². The molecule has 0 aromatic carbocycles. The Morgan fingerprint density at radius 1 is 1.25 bits per heavy atom. The molecule has 0 aliphatic rings. The van der Waals surface area contributed by atoms with Crippen molar-refractivity contribution < 1.29 is 0 Å². The van der Waals surface area contributed by atoms with E-state index in [9.17, 15) is 0 Å². The summed E-state index contributed by atoms with van der Waals surface area (Å²) in [6.45, 7) is 15.1. The van der Waals surface area contributed by atoms with Crippen LogP contribution in [0.2, 0.25) is 0 Å². The van der Waals surface area contributed by atoms with E-state index < -0.39 is 0 Å². The van der Waals surface area contributed by atoms with Gasteiger partial charge in [0.15, 0.2) is 0 Å². The normalized spacial score (nSPS) is 12.8. The number of hydrogen-bond donors (Lipinski definition) is 0. The van der Waals surface area contributed by atoms with Crippen molar-refractivity contribution in [2.24, 2.45) is 11.8 Å². The molecule has 0 heterocycles. The Bertz CT molecular complexity index is 168. The predicted octanol–water partition coefficient (Wildman–Crippen LogP) is 4.19. The second kappa shape index (κ2) is 5.18. The molecule has 0 saturated heterocycles. The molecule has 0 fully saturated rings. The minimum atomic E-state index is 0.616. The summed E-state index contributed by atoms with van der Waals surface area (Å²) >= 11 is 0. The summed E-state index contributed by atoms with van der Waals surface area (Å²) in [5, 5.41) is 0. The van der Waals surface area contributed by atoms with E-state index in [0.29, 0.717) is 11.8 Å². The van der Waals surface area contributed by atoms with E-state index in [1.54, 1.807) is 0 Å². The summed E-state index contributed by atoms with van der Waals surface area (Å²) in [5.74, 6) is 1.24. The minimum absolute atomic E-state index is 0.616. The summed E-state index contributed by atoms with van der Waals surface area (Å²) < 4.78 is 0. The molecule has 0 aliphatic carbocycles. The maximum atomic E-state index is 4.10. The first-order valence-corrected chi connectivity index (χ1v) is 4.77. The second-order valence-electron chi connectivity index (χ2n) is 4.15. The third-order valence-electron chi connectivity index (χ3n) is 2.25. The fraction of sp³-hybridized carbons (Fsp3) is 0.667. The minimum Gasteiger partial charge on any atom is -0.0993 e. The SMILES string of the molecule is C=C(C(C)C)C(C)CC=C(C)C. The monoisotopic (exact) mass is 166 g/mol. The van der Waals surface area contributed by atoms with Crippen molar-refractivity contribution >= 4 is 0 Å². The smallest absolute Gasteiger partial charge is 0.0197 e. The maximum absolute atomic E-state index is 4.10. The molecule has 12 heavy (non-hydrogen) atoms. The summed E-state index contributed by atoms with van der Waals surface area (Å²) in [4.78, 5) is 0. The van der Waals surface area contributed by atoms with Crippen LogP contribution in [0.15, 0.2) is 23.8 Å². The van der Waals surface area contributed by atoms with E-state index in [2.05, 4.69) is 47.3 Å². The Labute approximate surface area is 77.4 Å². The van der Waals surface area contributed by atoms with Gasteiger partial charge in [-0.3, -0.25) is 0 Å². The Balaban J connectivity index is 3.96. The van der Waals surface area contributed by atoms with Gasteiger partial charge in [-0.05, 0) is 32.1 Å². The molecule has 0 aromatic rings. The van der Waals surface area contributed by atoms with Crippen LogP contribution in [0.5, 0.6) is 0 Å². The lowest BCUT2D eigenvalue weighted by molar-refractivity contribution is 0.592. The quantitative estimate of drug-likeness (QED) is 0.549. The van der Waals surface area contributed by atoms with Gasteiger partial charge in [-0.1, -0.05) is 44.6 Å². The van der Waals surface area contributed by atoms with Crippen molar-refractivity contribution in [3.05, 3.63) is 23.8 Å². The lowest BCUT2D eigenvalue weighted by atomic mass is 9.90. The van der Waals surface area contributed by atoms with E-state index >= 15 is 0 Å². The van der Waals surface area contributed by atoms with Crippen LogP contribution >= 0.6 is 0 Å². The Hall–Kier alpha value is -0.520.